The molecule has 2 aromatic rings. The number of hydrogen-bond donors (Lipinski definition) is 1. The largest absolute Gasteiger partial charge is 0.432 e. The number of aromatic nitrogens is 6. The highest BCUT2D eigenvalue weighted by Gasteiger charge is 2.62. The quantitative estimate of drug-likeness (QED) is 0.806. The van der Waals surface area contributed by atoms with Crippen molar-refractivity contribution in [1.29, 1.82) is 0 Å². The average molecular weight is 262 g/mol. The Morgan fingerprint density at radius 2 is 1.39 bits per heavy atom. The number of aliphatic hydroxyl groups is 1. The summed E-state index contributed by atoms with van der Waals surface area (Å²) in [5.41, 5.74) is -3.36. The van der Waals surface area contributed by atoms with Gasteiger partial charge in [-0.3, -0.25) is 0 Å². The van der Waals surface area contributed by atoms with Crippen LogP contribution in [0.5, 0.6) is 0 Å². The first-order valence-electron chi connectivity index (χ1n) is 4.76. The molecule has 0 amide bonds. The van der Waals surface area contributed by atoms with Crippen molar-refractivity contribution in [1.82, 2.24) is 29.5 Å². The third-order valence-corrected chi connectivity index (χ3v) is 2.48. The number of halogens is 3. The second-order valence-corrected chi connectivity index (χ2v) is 3.62. The molecule has 2 rings (SSSR count). The standard InChI is InChI=1S/C8H9F3N6O/c1-16-5(12-3-14-16)7(18,8(9,10)11)6-13-4-15-17(6)2/h3-4,18H,1-2H3. The lowest BCUT2D eigenvalue weighted by Gasteiger charge is -2.27. The normalized spacial score (nSPS) is 13.0. The summed E-state index contributed by atoms with van der Waals surface area (Å²) >= 11 is 0. The summed E-state index contributed by atoms with van der Waals surface area (Å²) in [5, 5.41) is 17.1. The van der Waals surface area contributed by atoms with Gasteiger partial charge in [-0.15, -0.1) is 0 Å². The Hall–Kier alpha value is -1.97. The maximum Gasteiger partial charge on any atom is 0.432 e. The Kier molecular flexibility index (Phi) is 2.61. The Balaban J connectivity index is 2.71. The maximum atomic E-state index is 13.2. The first-order chi connectivity index (χ1) is 8.28. The molecular formula is C8H9F3N6O. The van der Waals surface area contributed by atoms with E-state index < -0.39 is 23.4 Å². The van der Waals surface area contributed by atoms with Crippen LogP contribution < -0.4 is 0 Å². The molecule has 0 atom stereocenters. The van der Waals surface area contributed by atoms with Crippen LogP contribution >= 0.6 is 0 Å². The molecule has 2 aromatic heterocycles. The second kappa shape index (κ2) is 3.77. The lowest BCUT2D eigenvalue weighted by molar-refractivity contribution is -0.255. The number of nitrogens with zero attached hydrogens (tertiary/aromatic N) is 6. The number of rotatable bonds is 2. The lowest BCUT2D eigenvalue weighted by Crippen LogP contribution is -2.47. The summed E-state index contributed by atoms with van der Waals surface area (Å²) in [4.78, 5) is 6.90. The highest BCUT2D eigenvalue weighted by atomic mass is 19.4. The molecule has 0 bridgehead atoms. The van der Waals surface area contributed by atoms with Gasteiger partial charge in [-0.1, -0.05) is 0 Å². The molecule has 18 heavy (non-hydrogen) atoms. The zero-order valence-electron chi connectivity index (χ0n) is 9.42. The Labute approximate surface area is 98.9 Å². The van der Waals surface area contributed by atoms with Crippen LogP contribution in [-0.4, -0.2) is 40.8 Å². The van der Waals surface area contributed by atoms with Gasteiger partial charge < -0.3 is 5.11 Å². The molecule has 0 aromatic carbocycles. The zero-order valence-corrected chi connectivity index (χ0v) is 9.42. The fourth-order valence-corrected chi connectivity index (χ4v) is 1.60. The summed E-state index contributed by atoms with van der Waals surface area (Å²) in [7, 11) is 2.49. The van der Waals surface area contributed by atoms with Gasteiger partial charge in [-0.25, -0.2) is 19.3 Å². The van der Waals surface area contributed by atoms with Crippen LogP contribution in [0.4, 0.5) is 13.2 Å². The van der Waals surface area contributed by atoms with Gasteiger partial charge in [-0.2, -0.15) is 23.4 Å². The van der Waals surface area contributed by atoms with Crippen LogP contribution in [0.1, 0.15) is 11.6 Å². The average Bonchev–Trinajstić information content (AvgIpc) is 2.84. The highest BCUT2D eigenvalue weighted by Crippen LogP contribution is 2.41. The molecular weight excluding hydrogens is 253 g/mol. The van der Waals surface area contributed by atoms with Crippen LogP contribution in [0.25, 0.3) is 0 Å². The number of hydrogen-bond acceptors (Lipinski definition) is 5. The van der Waals surface area contributed by atoms with Crippen LogP contribution in [0.15, 0.2) is 12.7 Å². The van der Waals surface area contributed by atoms with E-state index in [2.05, 4.69) is 20.2 Å². The molecule has 10 heteroatoms. The smallest absolute Gasteiger partial charge is 0.367 e. The van der Waals surface area contributed by atoms with E-state index in [9.17, 15) is 18.3 Å². The molecule has 0 radical (unpaired) electrons. The van der Waals surface area contributed by atoms with Gasteiger partial charge in [0.15, 0.2) is 11.6 Å². The predicted octanol–water partition coefficient (Wildman–Crippen LogP) is -0.258. The van der Waals surface area contributed by atoms with Gasteiger partial charge >= 0.3 is 6.18 Å². The van der Waals surface area contributed by atoms with Crippen molar-refractivity contribution >= 4 is 0 Å². The van der Waals surface area contributed by atoms with Gasteiger partial charge in [-0.05, 0) is 0 Å². The number of alkyl halides is 3. The van der Waals surface area contributed by atoms with Crippen molar-refractivity contribution < 1.29 is 18.3 Å². The summed E-state index contributed by atoms with van der Waals surface area (Å²) in [6, 6.07) is 0. The van der Waals surface area contributed by atoms with E-state index in [0.29, 0.717) is 0 Å². The minimum absolute atomic E-state index is 0.675. The monoisotopic (exact) mass is 262 g/mol. The van der Waals surface area contributed by atoms with Crippen LogP contribution in [0.2, 0.25) is 0 Å². The molecule has 2 heterocycles. The molecule has 0 spiro atoms. The van der Waals surface area contributed by atoms with Gasteiger partial charge in [0.2, 0.25) is 0 Å². The van der Waals surface area contributed by atoms with E-state index in [-0.39, 0.29) is 0 Å². The molecule has 0 saturated carbocycles. The maximum absolute atomic E-state index is 13.2. The van der Waals surface area contributed by atoms with Gasteiger partial charge in [0.1, 0.15) is 12.7 Å². The van der Waals surface area contributed by atoms with E-state index >= 15 is 0 Å². The third kappa shape index (κ3) is 1.56. The van der Waals surface area contributed by atoms with Crippen molar-refractivity contribution in [3.05, 3.63) is 24.3 Å². The molecule has 98 valence electrons. The van der Waals surface area contributed by atoms with Crippen molar-refractivity contribution in [3.63, 3.8) is 0 Å². The van der Waals surface area contributed by atoms with Crippen molar-refractivity contribution in [2.24, 2.45) is 14.1 Å². The summed E-state index contributed by atoms with van der Waals surface area (Å²) in [6.45, 7) is 0. The highest BCUT2D eigenvalue weighted by molar-refractivity contribution is 5.19. The van der Waals surface area contributed by atoms with Crippen molar-refractivity contribution in [3.8, 4) is 0 Å². The Bertz CT molecular complexity index is 519. The first kappa shape index (κ1) is 12.5. The molecule has 0 saturated heterocycles. The summed E-state index contributed by atoms with van der Waals surface area (Å²) in [6.07, 6.45) is -3.17. The molecule has 7 nitrogen and oxygen atoms in total. The second-order valence-electron chi connectivity index (χ2n) is 3.62. The van der Waals surface area contributed by atoms with Crippen molar-refractivity contribution in [2.45, 2.75) is 11.8 Å². The fourth-order valence-electron chi connectivity index (χ4n) is 1.60. The molecule has 0 fully saturated rings. The van der Waals surface area contributed by atoms with E-state index in [1.54, 1.807) is 0 Å². The lowest BCUT2D eigenvalue weighted by atomic mass is 10.0. The van der Waals surface area contributed by atoms with Gasteiger partial charge in [0.05, 0.1) is 0 Å². The summed E-state index contributed by atoms with van der Waals surface area (Å²) in [5.74, 6) is -1.35. The van der Waals surface area contributed by atoms with Crippen LogP contribution in [-0.2, 0) is 19.7 Å². The topological polar surface area (TPSA) is 81.7 Å². The minimum Gasteiger partial charge on any atom is -0.367 e. The molecule has 0 aliphatic heterocycles. The van der Waals surface area contributed by atoms with E-state index in [0.717, 1.165) is 22.0 Å². The molecule has 0 aliphatic carbocycles. The van der Waals surface area contributed by atoms with E-state index in [1.807, 2.05) is 0 Å². The van der Waals surface area contributed by atoms with Gasteiger partial charge in [0.25, 0.3) is 5.60 Å². The third-order valence-electron chi connectivity index (χ3n) is 2.48. The van der Waals surface area contributed by atoms with E-state index in [1.165, 1.54) is 14.1 Å². The molecule has 1 N–H and O–H groups in total. The van der Waals surface area contributed by atoms with Crippen LogP contribution in [0, 0.1) is 0 Å². The Morgan fingerprint density at radius 1 is 1.00 bits per heavy atom. The van der Waals surface area contributed by atoms with E-state index in [4.69, 9.17) is 0 Å². The number of aryl methyl sites for hydroxylation is 2. The first-order valence-corrected chi connectivity index (χ1v) is 4.76. The Morgan fingerprint density at radius 3 is 1.61 bits per heavy atom. The van der Waals surface area contributed by atoms with Gasteiger partial charge in [0, 0.05) is 14.1 Å². The zero-order chi connectivity index (χ0) is 13.6. The minimum atomic E-state index is -5.01. The van der Waals surface area contributed by atoms with Crippen LogP contribution in [0.3, 0.4) is 0 Å². The summed E-state index contributed by atoms with van der Waals surface area (Å²) < 4.78 is 41.2. The fraction of sp³-hybridized carbons (Fsp3) is 0.500. The molecule has 0 unspecified atom stereocenters. The van der Waals surface area contributed by atoms with Crippen molar-refractivity contribution in [2.75, 3.05) is 0 Å². The molecule has 0 aliphatic rings. The predicted molar refractivity (Wildman–Crippen MR) is 51.1 cm³/mol. The SMILES string of the molecule is Cn1ncnc1C(O)(c1ncnn1C)C(F)(F)F.